The Morgan fingerprint density at radius 1 is 1.25 bits per heavy atom. The highest BCUT2D eigenvalue weighted by molar-refractivity contribution is 6.73. The number of rotatable bonds is 3. The molecule has 7 heteroatoms. The fourth-order valence-corrected chi connectivity index (χ4v) is 1.13. The summed E-state index contributed by atoms with van der Waals surface area (Å²) in [6, 6.07) is 2.71. The number of esters is 1. The zero-order chi connectivity index (χ0) is 12.3. The first kappa shape index (κ1) is 12.4. The number of ether oxygens (including phenoxy) is 2. The van der Waals surface area contributed by atoms with Gasteiger partial charge >= 0.3 is 12.9 Å². The Morgan fingerprint density at radius 3 is 2.31 bits per heavy atom. The first-order valence-electron chi connectivity index (χ1n) is 4.41. The summed E-state index contributed by atoms with van der Waals surface area (Å²) in [4.78, 5) is 10.7. The lowest BCUT2D eigenvalue weighted by molar-refractivity contribution is -0.132. The molecule has 0 aliphatic heterocycles. The number of hydrogen-bond acceptors (Lipinski definition) is 3. The molecule has 0 fully saturated rings. The maximum absolute atomic E-state index is 12.4. The van der Waals surface area contributed by atoms with Crippen molar-refractivity contribution in [3.63, 3.8) is 0 Å². The Morgan fingerprint density at radius 2 is 1.88 bits per heavy atom. The van der Waals surface area contributed by atoms with E-state index in [9.17, 15) is 17.7 Å². The summed E-state index contributed by atoms with van der Waals surface area (Å²) in [6.45, 7) is -3.94. The number of methoxy groups -OCH3 is 1. The van der Waals surface area contributed by atoms with Crippen LogP contribution in [-0.2, 0) is 4.79 Å². The minimum atomic E-state index is -5.09. The largest absolute Gasteiger partial charge is 0.509 e. The first-order valence-corrected chi connectivity index (χ1v) is 4.41. The maximum Gasteiger partial charge on any atom is 0.509 e. The lowest BCUT2D eigenvalue weighted by atomic mass is 9.80. The lowest BCUT2D eigenvalue weighted by Gasteiger charge is -2.17. The molecule has 3 nitrogen and oxygen atoms in total. The van der Waals surface area contributed by atoms with Crippen molar-refractivity contribution >= 4 is 18.4 Å². The van der Waals surface area contributed by atoms with Gasteiger partial charge in [0, 0.05) is 6.92 Å². The van der Waals surface area contributed by atoms with E-state index in [0.717, 1.165) is 25.1 Å². The summed E-state index contributed by atoms with van der Waals surface area (Å²) in [5.41, 5.74) is -0.798. The number of hydrogen-bond donors (Lipinski definition) is 0. The van der Waals surface area contributed by atoms with Gasteiger partial charge in [-0.05, 0) is 12.1 Å². The van der Waals surface area contributed by atoms with Gasteiger partial charge in [-0.25, -0.2) is 0 Å². The molecule has 1 rings (SSSR count). The van der Waals surface area contributed by atoms with E-state index in [-0.39, 0.29) is 11.5 Å². The highest BCUT2D eigenvalue weighted by atomic mass is 19.4. The molecular weight excluding hydrogens is 224 g/mol. The van der Waals surface area contributed by atoms with Gasteiger partial charge in [-0.15, -0.1) is 5.46 Å². The van der Waals surface area contributed by atoms with Gasteiger partial charge in [-0.3, -0.25) is 4.79 Å². The first-order chi connectivity index (χ1) is 7.34. The van der Waals surface area contributed by atoms with Crippen molar-refractivity contribution in [3.8, 4) is 11.5 Å². The molecule has 0 saturated carbocycles. The molecule has 0 aromatic heterocycles. The maximum atomic E-state index is 12.4. The van der Waals surface area contributed by atoms with Crippen LogP contribution in [-0.4, -0.2) is 20.1 Å². The van der Waals surface area contributed by atoms with Gasteiger partial charge in [0.25, 0.3) is 0 Å². The average Bonchev–Trinajstić information content (AvgIpc) is 2.15. The van der Waals surface area contributed by atoms with Crippen molar-refractivity contribution in [1.29, 1.82) is 0 Å². The van der Waals surface area contributed by atoms with E-state index in [1.54, 1.807) is 0 Å². The van der Waals surface area contributed by atoms with Gasteiger partial charge in [0.2, 0.25) is 0 Å². The molecule has 0 amide bonds. The molecular formula is C9H9BF3O3-. The molecule has 0 atom stereocenters. The molecule has 0 saturated heterocycles. The highest BCUT2D eigenvalue weighted by Gasteiger charge is 2.26. The topological polar surface area (TPSA) is 35.5 Å². The van der Waals surface area contributed by atoms with Gasteiger partial charge in [0.15, 0.2) is 11.5 Å². The van der Waals surface area contributed by atoms with Crippen LogP contribution in [0, 0.1) is 0 Å². The molecule has 0 radical (unpaired) electrons. The van der Waals surface area contributed by atoms with Crippen molar-refractivity contribution in [3.05, 3.63) is 18.2 Å². The molecule has 0 N–H and O–H groups in total. The molecule has 0 aliphatic rings. The Bertz CT molecular complexity index is 403. The smallest absolute Gasteiger partial charge is 0.493 e. The number of benzene rings is 1. The zero-order valence-electron chi connectivity index (χ0n) is 8.67. The molecule has 0 heterocycles. The number of carbonyl (C=O) groups is 1. The van der Waals surface area contributed by atoms with Gasteiger partial charge in [0.05, 0.1) is 7.11 Å². The van der Waals surface area contributed by atoms with Crippen LogP contribution < -0.4 is 14.9 Å². The minimum Gasteiger partial charge on any atom is -0.493 e. The second kappa shape index (κ2) is 4.46. The third-order valence-electron chi connectivity index (χ3n) is 1.82. The molecule has 88 valence electrons. The molecule has 16 heavy (non-hydrogen) atoms. The van der Waals surface area contributed by atoms with Gasteiger partial charge < -0.3 is 22.4 Å². The Kier molecular flexibility index (Phi) is 3.46. The fraction of sp³-hybridized carbons (Fsp3) is 0.222. The molecule has 0 aliphatic carbocycles. The van der Waals surface area contributed by atoms with Gasteiger partial charge in [0.1, 0.15) is 0 Å². The van der Waals surface area contributed by atoms with Crippen LogP contribution in [0.1, 0.15) is 6.92 Å². The summed E-state index contributed by atoms with van der Waals surface area (Å²) in [5.74, 6) is -0.769. The van der Waals surface area contributed by atoms with Crippen LogP contribution in [0.5, 0.6) is 11.5 Å². The average molecular weight is 233 g/mol. The van der Waals surface area contributed by atoms with Crippen LogP contribution in [0.25, 0.3) is 0 Å². The second-order valence-electron chi connectivity index (χ2n) is 3.08. The van der Waals surface area contributed by atoms with Crippen LogP contribution in [0.2, 0.25) is 0 Å². The zero-order valence-corrected chi connectivity index (χ0v) is 8.67. The molecule has 0 unspecified atom stereocenters. The summed E-state index contributed by atoms with van der Waals surface area (Å²) < 4.78 is 46.6. The highest BCUT2D eigenvalue weighted by Crippen LogP contribution is 2.26. The summed E-state index contributed by atoms with van der Waals surface area (Å²) in [5, 5.41) is 0. The van der Waals surface area contributed by atoms with Gasteiger partial charge in [-0.2, -0.15) is 0 Å². The predicted molar refractivity (Wildman–Crippen MR) is 53.0 cm³/mol. The van der Waals surface area contributed by atoms with Crippen LogP contribution in [0.3, 0.4) is 0 Å². The van der Waals surface area contributed by atoms with E-state index >= 15 is 0 Å². The van der Waals surface area contributed by atoms with Crippen LogP contribution >= 0.6 is 0 Å². The minimum absolute atomic E-state index is 0.0289. The second-order valence-corrected chi connectivity index (χ2v) is 3.08. The Labute approximate surface area is 90.2 Å². The predicted octanol–water partition coefficient (Wildman–Crippen LogP) is 1.67. The standard InChI is InChI=1S/C9H9BF3O3/c1-6(14)16-8-4-3-7(10(11,12)13)5-9(8)15-2/h3-5H,1-2H3/q-1. The van der Waals surface area contributed by atoms with Crippen LogP contribution in [0.15, 0.2) is 18.2 Å². The third kappa shape index (κ3) is 2.92. The fourth-order valence-electron chi connectivity index (χ4n) is 1.13. The van der Waals surface area contributed by atoms with Crippen molar-refractivity contribution in [2.24, 2.45) is 0 Å². The summed E-state index contributed by atoms with van der Waals surface area (Å²) in [7, 11) is 1.20. The third-order valence-corrected chi connectivity index (χ3v) is 1.82. The van der Waals surface area contributed by atoms with E-state index in [2.05, 4.69) is 4.74 Å². The quantitative estimate of drug-likeness (QED) is 0.452. The van der Waals surface area contributed by atoms with E-state index in [1.807, 2.05) is 0 Å². The van der Waals surface area contributed by atoms with Crippen molar-refractivity contribution < 1.29 is 27.2 Å². The number of carbonyl (C=O) groups excluding carboxylic acids is 1. The molecule has 0 bridgehead atoms. The monoisotopic (exact) mass is 233 g/mol. The van der Waals surface area contributed by atoms with Crippen molar-refractivity contribution in [2.45, 2.75) is 6.92 Å². The van der Waals surface area contributed by atoms with E-state index in [4.69, 9.17) is 4.74 Å². The van der Waals surface area contributed by atoms with Crippen LogP contribution in [0.4, 0.5) is 12.9 Å². The van der Waals surface area contributed by atoms with Crippen molar-refractivity contribution in [2.75, 3.05) is 7.11 Å². The van der Waals surface area contributed by atoms with E-state index in [0.29, 0.717) is 0 Å². The summed E-state index contributed by atoms with van der Waals surface area (Å²) in [6.07, 6.45) is 0. The normalized spacial score (nSPS) is 11.1. The lowest BCUT2D eigenvalue weighted by Crippen LogP contribution is -2.33. The van der Waals surface area contributed by atoms with Gasteiger partial charge in [-0.1, -0.05) is 6.07 Å². The van der Waals surface area contributed by atoms with E-state index in [1.165, 1.54) is 7.11 Å². The Hall–Kier alpha value is -1.66. The molecule has 0 spiro atoms. The summed E-state index contributed by atoms with van der Waals surface area (Å²) >= 11 is 0. The Balaban J connectivity index is 3.11. The molecule has 1 aromatic carbocycles. The molecule has 1 aromatic rings. The number of halogens is 3. The van der Waals surface area contributed by atoms with E-state index < -0.39 is 18.4 Å². The van der Waals surface area contributed by atoms with Crippen molar-refractivity contribution in [1.82, 2.24) is 0 Å². The SMILES string of the molecule is COc1cc([B-](F)(F)F)ccc1OC(C)=O.